The molecule has 2 aromatic carbocycles. The van der Waals surface area contributed by atoms with Crippen molar-refractivity contribution in [2.45, 2.75) is 4.90 Å². The van der Waals surface area contributed by atoms with E-state index in [0.717, 1.165) is 10.9 Å². The quantitative estimate of drug-likeness (QED) is 0.255. The van der Waals surface area contributed by atoms with Crippen LogP contribution in [0.25, 0.3) is 10.9 Å². The van der Waals surface area contributed by atoms with Crippen molar-refractivity contribution in [2.24, 2.45) is 5.73 Å². The van der Waals surface area contributed by atoms with Gasteiger partial charge in [-0.25, -0.2) is 0 Å². The standard InChI is InChI=1S/C17H14F2IN2OS2/c1-20-22-6-5-10-14(22)8-13(19)15(16(10)25-2)23-9-3-4-12(18)11(7-9)17(21)24/h3-8H,1-2H3,(H2,21,24)/q-1. The van der Waals surface area contributed by atoms with Gasteiger partial charge in [-0.1, -0.05) is 0 Å². The van der Waals surface area contributed by atoms with Gasteiger partial charge in [0, 0.05) is 0 Å². The first kappa shape index (κ1) is 18.4. The van der Waals surface area contributed by atoms with Crippen LogP contribution in [0.1, 0.15) is 5.56 Å². The van der Waals surface area contributed by atoms with E-state index in [9.17, 15) is 8.78 Å². The molecule has 0 aliphatic heterocycles. The number of nitrogens with two attached hydrogens (primary N) is 1. The van der Waals surface area contributed by atoms with Gasteiger partial charge in [-0.05, 0) is 0 Å². The molecular formula is C17H14F2IN2OS2-. The molecule has 1 heterocycles. The molecule has 3 aromatic rings. The van der Waals surface area contributed by atoms with Crippen molar-refractivity contribution >= 4 is 39.9 Å². The van der Waals surface area contributed by atoms with Crippen molar-refractivity contribution in [1.29, 1.82) is 0 Å². The van der Waals surface area contributed by atoms with E-state index >= 15 is 0 Å². The topological polar surface area (TPSA) is 40.2 Å². The van der Waals surface area contributed by atoms with E-state index in [1.807, 2.05) is 18.5 Å². The monoisotopic (exact) mass is 491 g/mol. The summed E-state index contributed by atoms with van der Waals surface area (Å²) in [5, 5.41) is 0.933. The number of ether oxygens (including phenoxy) is 1. The van der Waals surface area contributed by atoms with Gasteiger partial charge in [-0.3, -0.25) is 0 Å². The third-order valence-electron chi connectivity index (χ3n) is 3.62. The number of nitrogens with zero attached hydrogens (tertiary/aromatic N) is 1. The predicted octanol–water partition coefficient (Wildman–Crippen LogP) is 1.55. The van der Waals surface area contributed by atoms with Crippen LogP contribution in [0.4, 0.5) is 8.78 Å². The summed E-state index contributed by atoms with van der Waals surface area (Å²) in [5.74, 6) is -0.604. The zero-order chi connectivity index (χ0) is 18.1. The predicted molar refractivity (Wildman–Crippen MR) is 97.4 cm³/mol. The van der Waals surface area contributed by atoms with Crippen LogP contribution < -0.4 is 31.9 Å². The van der Waals surface area contributed by atoms with Crippen LogP contribution >= 0.6 is 24.0 Å². The first-order valence-corrected chi connectivity index (χ1v) is 11.9. The molecule has 8 heteroatoms. The van der Waals surface area contributed by atoms with Crippen LogP contribution in [0.3, 0.4) is 0 Å². The summed E-state index contributed by atoms with van der Waals surface area (Å²) in [6.07, 6.45) is 3.83. The maximum absolute atomic E-state index is 14.7. The first-order valence-electron chi connectivity index (χ1n) is 7.11. The minimum absolute atomic E-state index is 0.0709. The third kappa shape index (κ3) is 3.47. The molecule has 3 nitrogen and oxygen atoms in total. The second-order valence-corrected chi connectivity index (χ2v) is 8.32. The Bertz CT molecular complexity index is 975. The zero-order valence-electron chi connectivity index (χ0n) is 13.3. The van der Waals surface area contributed by atoms with Crippen molar-refractivity contribution in [3.8, 4) is 11.5 Å². The molecule has 0 fully saturated rings. The van der Waals surface area contributed by atoms with E-state index in [0.29, 0.717) is 4.90 Å². The minimum atomic E-state index is -0.537. The number of halogens is 3. The summed E-state index contributed by atoms with van der Waals surface area (Å²) in [7, 11) is 0. The van der Waals surface area contributed by atoms with Crippen LogP contribution in [0.5, 0.6) is 11.5 Å². The molecule has 0 amide bonds. The SMILES string of the molecule is CSc1c(Oc2ccc(F)c(C(N)=S)c2)c(F)cc2c1ccn2[I-]C. The fourth-order valence-electron chi connectivity index (χ4n) is 2.49. The van der Waals surface area contributed by atoms with E-state index in [-0.39, 0.29) is 43.5 Å². The van der Waals surface area contributed by atoms with Gasteiger partial charge in [0.05, 0.1) is 0 Å². The van der Waals surface area contributed by atoms with E-state index < -0.39 is 11.6 Å². The van der Waals surface area contributed by atoms with Crippen LogP contribution in [-0.4, -0.2) is 19.0 Å². The molecule has 3 rings (SSSR count). The van der Waals surface area contributed by atoms with Crippen LogP contribution in [-0.2, 0) is 0 Å². The van der Waals surface area contributed by atoms with E-state index in [1.54, 1.807) is 0 Å². The van der Waals surface area contributed by atoms with E-state index in [1.165, 1.54) is 36.0 Å². The Kier molecular flexibility index (Phi) is 5.49. The second kappa shape index (κ2) is 7.46. The van der Waals surface area contributed by atoms with Crippen molar-refractivity contribution < 1.29 is 35.0 Å². The number of thiocarbonyl (C=S) groups is 1. The molecule has 2 N–H and O–H groups in total. The second-order valence-electron chi connectivity index (χ2n) is 5.06. The number of thioether (sulfide) groups is 1. The molecule has 0 atom stereocenters. The molecule has 0 saturated heterocycles. The molecule has 0 bridgehead atoms. The average Bonchev–Trinajstić information content (AvgIpc) is 2.99. The van der Waals surface area contributed by atoms with E-state index in [4.69, 9.17) is 22.7 Å². The number of aromatic nitrogens is 1. The number of alkyl halides is 1. The third-order valence-corrected chi connectivity index (χ3v) is 6.53. The summed E-state index contributed by atoms with van der Waals surface area (Å²) in [6.45, 7) is 0. The van der Waals surface area contributed by atoms with Crippen LogP contribution in [0.15, 0.2) is 41.4 Å². The first-order chi connectivity index (χ1) is 12.0. The Morgan fingerprint density at radius 3 is 2.64 bits per heavy atom. The van der Waals surface area contributed by atoms with Gasteiger partial charge in [0.2, 0.25) is 0 Å². The molecule has 0 aliphatic rings. The molecular weight excluding hydrogens is 477 g/mol. The molecule has 0 saturated carbocycles. The molecule has 0 aliphatic carbocycles. The fraction of sp³-hybridized carbons (Fsp3) is 0.118. The van der Waals surface area contributed by atoms with Gasteiger partial charge in [0.1, 0.15) is 0 Å². The Labute approximate surface area is 164 Å². The molecule has 25 heavy (non-hydrogen) atoms. The Balaban J connectivity index is 2.11. The zero-order valence-corrected chi connectivity index (χ0v) is 17.1. The van der Waals surface area contributed by atoms with Gasteiger partial charge < -0.3 is 0 Å². The van der Waals surface area contributed by atoms with Gasteiger partial charge in [-0.15, -0.1) is 0 Å². The summed E-state index contributed by atoms with van der Waals surface area (Å²) >= 11 is 6.01. The Morgan fingerprint density at radius 2 is 2.00 bits per heavy atom. The Morgan fingerprint density at radius 1 is 1.24 bits per heavy atom. The average molecular weight is 491 g/mol. The normalized spacial score (nSPS) is 11.2. The van der Waals surface area contributed by atoms with Crippen molar-refractivity contribution in [2.75, 3.05) is 11.2 Å². The van der Waals surface area contributed by atoms with Crippen molar-refractivity contribution in [1.82, 2.24) is 2.78 Å². The van der Waals surface area contributed by atoms with E-state index in [2.05, 4.69) is 7.71 Å². The molecule has 1 aromatic heterocycles. The summed E-state index contributed by atoms with van der Waals surface area (Å²) in [6, 6.07) is 7.45. The van der Waals surface area contributed by atoms with Crippen molar-refractivity contribution in [3.05, 3.63) is 53.7 Å². The molecule has 0 radical (unpaired) electrons. The van der Waals surface area contributed by atoms with Gasteiger partial charge in [0.15, 0.2) is 0 Å². The van der Waals surface area contributed by atoms with Crippen LogP contribution in [0, 0.1) is 11.6 Å². The summed E-state index contributed by atoms with van der Waals surface area (Å²) < 4.78 is 36.3. The van der Waals surface area contributed by atoms with Crippen LogP contribution in [0.2, 0.25) is 0 Å². The summed E-state index contributed by atoms with van der Waals surface area (Å²) in [5.41, 5.74) is 6.44. The molecule has 0 spiro atoms. The summed E-state index contributed by atoms with van der Waals surface area (Å²) in [4.78, 5) is 2.73. The van der Waals surface area contributed by atoms with Crippen molar-refractivity contribution in [3.63, 3.8) is 0 Å². The number of fused-ring (bicyclic) bond motifs is 1. The molecule has 0 unspecified atom stereocenters. The number of rotatable bonds is 5. The maximum atomic E-state index is 14.7. The van der Waals surface area contributed by atoms with Gasteiger partial charge in [0.25, 0.3) is 0 Å². The molecule has 132 valence electrons. The van der Waals surface area contributed by atoms with Gasteiger partial charge >= 0.3 is 165 Å². The Hall–Kier alpha value is -1.39. The fourth-order valence-corrected chi connectivity index (χ4v) is 4.76. The number of hydrogen-bond donors (Lipinski definition) is 1. The van der Waals surface area contributed by atoms with Gasteiger partial charge in [-0.2, -0.15) is 0 Å². The number of hydrogen-bond acceptors (Lipinski definition) is 3. The number of benzene rings is 2.